The largest absolute Gasteiger partial charge is 0.516 e. The lowest BCUT2D eigenvalue weighted by molar-refractivity contribution is -0.0472. The number of hydrogen-bond donors (Lipinski definition) is 3. The van der Waals surface area contributed by atoms with Crippen LogP contribution in [0.15, 0.2) is 24.7 Å². The van der Waals surface area contributed by atoms with Gasteiger partial charge in [-0.2, -0.15) is 21.6 Å². The number of imidazole rings is 1. The molecule has 0 saturated carbocycles. The number of aryl methyl sites for hydroxylation is 2. The van der Waals surface area contributed by atoms with Crippen LogP contribution in [0.2, 0.25) is 0 Å². The van der Waals surface area contributed by atoms with Crippen LogP contribution in [0, 0.1) is 18.2 Å². The summed E-state index contributed by atoms with van der Waals surface area (Å²) in [7, 11) is -5.76. The molecule has 0 atom stereocenters. The van der Waals surface area contributed by atoms with Gasteiger partial charge in [0, 0.05) is 31.7 Å². The zero-order chi connectivity index (χ0) is 27.5. The predicted octanol–water partition coefficient (Wildman–Crippen LogP) is 2.62. The van der Waals surface area contributed by atoms with E-state index in [1.165, 1.54) is 6.20 Å². The Balaban J connectivity index is 1.65. The number of rotatable bonds is 9. The number of pyridine rings is 1. The summed E-state index contributed by atoms with van der Waals surface area (Å²) in [6.07, 6.45) is 5.10. The molecule has 3 rings (SSSR count). The fourth-order valence-corrected chi connectivity index (χ4v) is 4.34. The third kappa shape index (κ3) is 5.95. The highest BCUT2D eigenvalue weighted by Gasteiger charge is 2.50. The number of halogens is 4. The predicted molar refractivity (Wildman–Crippen MR) is 126 cm³/mol. The van der Waals surface area contributed by atoms with Crippen molar-refractivity contribution in [2.45, 2.75) is 39.2 Å². The highest BCUT2D eigenvalue weighted by molar-refractivity contribution is 7.90. The Morgan fingerprint density at radius 2 is 1.95 bits per heavy atom. The van der Waals surface area contributed by atoms with Crippen LogP contribution < -0.4 is 10.6 Å². The number of amides is 1. The van der Waals surface area contributed by atoms with Gasteiger partial charge in [0.05, 0.1) is 12.2 Å². The summed E-state index contributed by atoms with van der Waals surface area (Å²) < 4.78 is 77.5. The number of carbonyl (C=O) groups excluding carboxylic acids is 1. The van der Waals surface area contributed by atoms with E-state index in [2.05, 4.69) is 25.6 Å². The number of amidine groups is 1. The SMILES string of the molecule is CCc1nc2ncc(C)cn2c1C(=O)NCc1cnc(NCCN(C(C)=N)S(=O)(=O)C(F)(F)F)c(F)c1. The van der Waals surface area contributed by atoms with Gasteiger partial charge in [-0.05, 0) is 37.5 Å². The Morgan fingerprint density at radius 1 is 1.24 bits per heavy atom. The first-order chi connectivity index (χ1) is 17.3. The van der Waals surface area contributed by atoms with Gasteiger partial charge in [-0.1, -0.05) is 6.92 Å². The van der Waals surface area contributed by atoms with Crippen LogP contribution in [0.1, 0.15) is 41.2 Å². The highest BCUT2D eigenvalue weighted by Crippen LogP contribution is 2.27. The Labute approximate surface area is 209 Å². The molecule has 0 saturated heterocycles. The van der Waals surface area contributed by atoms with Crippen molar-refractivity contribution in [3.8, 4) is 0 Å². The van der Waals surface area contributed by atoms with Gasteiger partial charge in [-0.25, -0.2) is 23.6 Å². The first kappa shape index (κ1) is 27.8. The molecule has 3 heterocycles. The Morgan fingerprint density at radius 3 is 2.54 bits per heavy atom. The van der Waals surface area contributed by atoms with Crippen molar-refractivity contribution in [3.63, 3.8) is 0 Å². The number of carbonyl (C=O) groups is 1. The molecule has 1 amide bonds. The van der Waals surface area contributed by atoms with Crippen molar-refractivity contribution in [3.05, 3.63) is 53.0 Å². The van der Waals surface area contributed by atoms with Crippen molar-refractivity contribution >= 4 is 33.4 Å². The summed E-state index contributed by atoms with van der Waals surface area (Å²) in [5, 5.41) is 12.4. The molecule has 0 unspecified atom stereocenters. The molecule has 11 nitrogen and oxygen atoms in total. The monoisotopic (exact) mass is 544 g/mol. The van der Waals surface area contributed by atoms with Crippen molar-refractivity contribution in [1.82, 2.24) is 29.0 Å². The number of nitrogens with zero attached hydrogens (tertiary/aromatic N) is 5. The van der Waals surface area contributed by atoms with Crippen LogP contribution in [0.4, 0.5) is 23.4 Å². The van der Waals surface area contributed by atoms with Crippen LogP contribution >= 0.6 is 0 Å². The van der Waals surface area contributed by atoms with E-state index < -0.39 is 46.2 Å². The van der Waals surface area contributed by atoms with E-state index in [4.69, 9.17) is 5.41 Å². The number of fused-ring (bicyclic) bond motifs is 1. The normalized spacial score (nSPS) is 12.0. The third-order valence-electron chi connectivity index (χ3n) is 5.15. The summed E-state index contributed by atoms with van der Waals surface area (Å²) >= 11 is 0. The summed E-state index contributed by atoms with van der Waals surface area (Å²) in [5.74, 6) is -2.13. The molecule has 0 aliphatic heterocycles. The summed E-state index contributed by atoms with van der Waals surface area (Å²) in [4.78, 5) is 25.3. The van der Waals surface area contributed by atoms with Gasteiger partial charge in [-0.15, -0.1) is 0 Å². The molecule has 0 aliphatic carbocycles. The molecule has 0 aliphatic rings. The van der Waals surface area contributed by atoms with Gasteiger partial charge in [0.2, 0.25) is 5.78 Å². The van der Waals surface area contributed by atoms with Crippen molar-refractivity contribution < 1.29 is 30.8 Å². The van der Waals surface area contributed by atoms with Gasteiger partial charge >= 0.3 is 15.5 Å². The van der Waals surface area contributed by atoms with E-state index >= 15 is 0 Å². The van der Waals surface area contributed by atoms with Crippen LogP contribution in [-0.2, 0) is 23.0 Å². The molecule has 37 heavy (non-hydrogen) atoms. The second kappa shape index (κ2) is 10.7. The number of anilines is 1. The van der Waals surface area contributed by atoms with Crippen LogP contribution in [-0.4, -0.2) is 62.4 Å². The molecule has 16 heteroatoms. The minimum absolute atomic E-state index is 0.0801. The molecule has 3 aromatic rings. The molecule has 0 fully saturated rings. The van der Waals surface area contributed by atoms with E-state index in [1.54, 1.807) is 16.8 Å². The van der Waals surface area contributed by atoms with Gasteiger partial charge < -0.3 is 10.6 Å². The quantitative estimate of drug-likeness (QED) is 0.213. The maximum absolute atomic E-state index is 14.5. The van der Waals surface area contributed by atoms with Crippen molar-refractivity contribution in [1.29, 1.82) is 5.41 Å². The minimum Gasteiger partial charge on any atom is -0.366 e. The summed E-state index contributed by atoms with van der Waals surface area (Å²) in [6.45, 7) is 3.25. The van der Waals surface area contributed by atoms with Crippen LogP contribution in [0.5, 0.6) is 0 Å². The van der Waals surface area contributed by atoms with E-state index in [-0.39, 0.29) is 16.7 Å². The number of hydrogen-bond acceptors (Lipinski definition) is 8. The molecule has 0 spiro atoms. The number of nitrogens with one attached hydrogen (secondary N) is 3. The van der Waals surface area contributed by atoms with Crippen LogP contribution in [0.3, 0.4) is 0 Å². The Hall–Kier alpha value is -3.82. The minimum atomic E-state index is -5.76. The van der Waals surface area contributed by atoms with E-state index in [0.29, 0.717) is 29.1 Å². The lowest BCUT2D eigenvalue weighted by Crippen LogP contribution is -2.45. The number of sulfonamides is 1. The van der Waals surface area contributed by atoms with Gasteiger partial charge in [0.15, 0.2) is 11.6 Å². The molecule has 0 bridgehead atoms. The first-order valence-electron chi connectivity index (χ1n) is 10.9. The lowest BCUT2D eigenvalue weighted by atomic mass is 10.2. The maximum atomic E-state index is 14.5. The van der Waals surface area contributed by atoms with E-state index in [0.717, 1.165) is 18.6 Å². The van der Waals surface area contributed by atoms with Crippen molar-refractivity contribution in [2.24, 2.45) is 0 Å². The van der Waals surface area contributed by atoms with Crippen molar-refractivity contribution in [2.75, 3.05) is 18.4 Å². The van der Waals surface area contributed by atoms with Gasteiger partial charge in [0.1, 0.15) is 11.5 Å². The molecule has 3 aromatic heterocycles. The first-order valence-corrected chi connectivity index (χ1v) is 12.3. The molecular formula is C21H24F4N8O3S. The average Bonchev–Trinajstić information content (AvgIpc) is 3.18. The zero-order valence-corrected chi connectivity index (χ0v) is 20.8. The highest BCUT2D eigenvalue weighted by atomic mass is 32.2. The lowest BCUT2D eigenvalue weighted by Gasteiger charge is -2.24. The second-order valence-corrected chi connectivity index (χ2v) is 9.81. The molecule has 0 radical (unpaired) electrons. The average molecular weight is 545 g/mol. The zero-order valence-electron chi connectivity index (χ0n) is 20.0. The van der Waals surface area contributed by atoms with Gasteiger partial charge in [-0.3, -0.25) is 14.6 Å². The molecule has 3 N–H and O–H groups in total. The summed E-state index contributed by atoms with van der Waals surface area (Å²) in [5.41, 5.74) is -3.61. The summed E-state index contributed by atoms with van der Waals surface area (Å²) in [6, 6.07) is 1.07. The second-order valence-electron chi connectivity index (χ2n) is 7.95. The third-order valence-corrected chi connectivity index (χ3v) is 6.77. The van der Waals surface area contributed by atoms with E-state index in [9.17, 15) is 30.8 Å². The fourth-order valence-electron chi connectivity index (χ4n) is 3.40. The molecule has 200 valence electrons. The van der Waals surface area contributed by atoms with Crippen LogP contribution in [0.25, 0.3) is 5.78 Å². The molecule has 0 aromatic carbocycles. The smallest absolute Gasteiger partial charge is 0.366 e. The maximum Gasteiger partial charge on any atom is 0.516 e. The number of alkyl halides is 3. The topological polar surface area (TPSA) is 145 Å². The Bertz CT molecular complexity index is 1440. The van der Waals surface area contributed by atoms with Gasteiger partial charge in [0.25, 0.3) is 5.91 Å². The fraction of sp³-hybridized carbons (Fsp3) is 0.381. The Kier molecular flexibility index (Phi) is 8.00. The van der Waals surface area contributed by atoms with E-state index in [1.807, 2.05) is 13.8 Å². The molecular weight excluding hydrogens is 520 g/mol. The number of aromatic nitrogens is 4. The standard InChI is InChI=1S/C21H24F4N8O3S/c1-4-16-17(32-11-12(2)8-30-20(32)31-16)19(34)29-10-14-7-15(22)18(28-9-14)27-5-6-33(13(3)26)37(35,36)21(23,24)25/h7-9,11,26H,4-6,10H2,1-3H3,(H,27,28)(H,29,34).